The summed E-state index contributed by atoms with van der Waals surface area (Å²) in [7, 11) is 0. The molecule has 0 aliphatic heterocycles. The average Bonchev–Trinajstić information content (AvgIpc) is 2.70. The topological polar surface area (TPSA) is 37.2 Å². The summed E-state index contributed by atoms with van der Waals surface area (Å²) in [6, 6.07) is 4.38. The normalized spacial score (nSPS) is 13.3. The van der Waals surface area contributed by atoms with Gasteiger partial charge in [0, 0.05) is 31.0 Å². The Bertz CT molecular complexity index is 294. The van der Waals surface area contributed by atoms with Crippen LogP contribution in [0.2, 0.25) is 0 Å². The van der Waals surface area contributed by atoms with Crippen LogP contribution in [0.25, 0.3) is 0 Å². The van der Waals surface area contributed by atoms with Crippen molar-refractivity contribution in [3.8, 4) is 0 Å². The van der Waals surface area contributed by atoms with Crippen molar-refractivity contribution in [3.05, 3.63) is 24.0 Å². The van der Waals surface area contributed by atoms with Gasteiger partial charge in [-0.15, -0.1) is 0 Å². The van der Waals surface area contributed by atoms with Crippen molar-refractivity contribution in [3.63, 3.8) is 0 Å². The number of nitrogens with one attached hydrogen (secondary N) is 1. The summed E-state index contributed by atoms with van der Waals surface area (Å²) in [5.41, 5.74) is 1.29. The van der Waals surface area contributed by atoms with Crippen LogP contribution in [0.3, 0.4) is 0 Å². The highest BCUT2D eigenvalue weighted by atomic mass is 16.3. The summed E-state index contributed by atoms with van der Waals surface area (Å²) in [4.78, 5) is 0. The molecule has 0 saturated carbocycles. The number of aromatic nitrogens is 1. The summed E-state index contributed by atoms with van der Waals surface area (Å²) in [5.74, 6) is 0.736. The maximum atomic E-state index is 8.94. The van der Waals surface area contributed by atoms with E-state index in [0.717, 1.165) is 19.0 Å². The highest BCUT2D eigenvalue weighted by Gasteiger charge is 2.04. The molecular weight excluding hydrogens is 200 g/mol. The summed E-state index contributed by atoms with van der Waals surface area (Å²) in [5, 5.41) is 12.2. The largest absolute Gasteiger partial charge is 0.395 e. The van der Waals surface area contributed by atoms with Crippen molar-refractivity contribution in [2.75, 3.05) is 6.61 Å². The van der Waals surface area contributed by atoms with E-state index in [9.17, 15) is 0 Å². The van der Waals surface area contributed by atoms with E-state index in [1.807, 2.05) is 6.92 Å². The van der Waals surface area contributed by atoms with E-state index in [0.29, 0.717) is 0 Å². The van der Waals surface area contributed by atoms with Gasteiger partial charge in [0.25, 0.3) is 0 Å². The lowest BCUT2D eigenvalue weighted by Crippen LogP contribution is -2.29. The Hall–Kier alpha value is -0.800. The highest BCUT2D eigenvalue weighted by Crippen LogP contribution is 2.07. The van der Waals surface area contributed by atoms with Gasteiger partial charge in [-0.1, -0.05) is 13.8 Å². The molecule has 16 heavy (non-hydrogen) atoms. The molecule has 1 aromatic heterocycles. The minimum absolute atomic E-state index is 0.161. The number of rotatable bonds is 7. The molecule has 0 aliphatic rings. The van der Waals surface area contributed by atoms with E-state index in [4.69, 9.17) is 5.11 Å². The van der Waals surface area contributed by atoms with E-state index < -0.39 is 0 Å². The number of nitrogens with zero attached hydrogens (tertiary/aromatic N) is 1. The highest BCUT2D eigenvalue weighted by molar-refractivity contribution is 5.07. The maximum absolute atomic E-state index is 8.94. The van der Waals surface area contributed by atoms with Gasteiger partial charge in [-0.25, -0.2) is 0 Å². The molecule has 0 amide bonds. The SMILES string of the molecule is CC(C)CCn1cccc1CNC(C)CO. The molecule has 3 nitrogen and oxygen atoms in total. The molecule has 2 N–H and O–H groups in total. The number of hydrogen-bond acceptors (Lipinski definition) is 2. The molecule has 1 aromatic rings. The first-order valence-electron chi connectivity index (χ1n) is 6.11. The van der Waals surface area contributed by atoms with Crippen LogP contribution in [-0.4, -0.2) is 22.3 Å². The lowest BCUT2D eigenvalue weighted by molar-refractivity contribution is 0.250. The van der Waals surface area contributed by atoms with Crippen LogP contribution >= 0.6 is 0 Å². The lowest BCUT2D eigenvalue weighted by Gasteiger charge is -2.14. The van der Waals surface area contributed by atoms with Crippen molar-refractivity contribution in [1.29, 1.82) is 0 Å². The van der Waals surface area contributed by atoms with Crippen LogP contribution in [-0.2, 0) is 13.1 Å². The Morgan fingerprint density at radius 2 is 2.12 bits per heavy atom. The first-order chi connectivity index (χ1) is 7.63. The Kier molecular flexibility index (Phi) is 5.56. The van der Waals surface area contributed by atoms with Gasteiger partial charge < -0.3 is 15.0 Å². The molecule has 0 bridgehead atoms. The van der Waals surface area contributed by atoms with E-state index in [1.54, 1.807) is 0 Å². The van der Waals surface area contributed by atoms with E-state index >= 15 is 0 Å². The van der Waals surface area contributed by atoms with Gasteiger partial charge in [0.1, 0.15) is 0 Å². The summed E-state index contributed by atoms with van der Waals surface area (Å²) in [6.45, 7) is 8.57. The minimum Gasteiger partial charge on any atom is -0.395 e. The molecule has 92 valence electrons. The Morgan fingerprint density at radius 3 is 2.75 bits per heavy atom. The van der Waals surface area contributed by atoms with Gasteiger partial charge in [0.15, 0.2) is 0 Å². The van der Waals surface area contributed by atoms with Crippen LogP contribution in [0.1, 0.15) is 32.9 Å². The Labute approximate surface area is 98.5 Å². The van der Waals surface area contributed by atoms with Crippen LogP contribution < -0.4 is 5.32 Å². The van der Waals surface area contributed by atoms with Gasteiger partial charge in [0.2, 0.25) is 0 Å². The fourth-order valence-electron chi connectivity index (χ4n) is 1.57. The quantitative estimate of drug-likeness (QED) is 0.743. The number of aryl methyl sites for hydroxylation is 1. The second-order valence-corrected chi connectivity index (χ2v) is 4.84. The van der Waals surface area contributed by atoms with Crippen molar-refractivity contribution in [1.82, 2.24) is 9.88 Å². The molecule has 0 spiro atoms. The molecule has 0 radical (unpaired) electrons. The third-order valence-corrected chi connectivity index (χ3v) is 2.78. The van der Waals surface area contributed by atoms with Gasteiger partial charge in [0.05, 0.1) is 6.61 Å². The van der Waals surface area contributed by atoms with E-state index in [2.05, 4.69) is 42.1 Å². The summed E-state index contributed by atoms with van der Waals surface area (Å²) >= 11 is 0. The monoisotopic (exact) mass is 224 g/mol. The zero-order chi connectivity index (χ0) is 12.0. The summed E-state index contributed by atoms with van der Waals surface area (Å²) < 4.78 is 2.29. The fourth-order valence-corrected chi connectivity index (χ4v) is 1.57. The standard InChI is InChI=1S/C13H24N2O/c1-11(2)6-8-15-7-4-5-13(15)9-14-12(3)10-16/h4-5,7,11-12,14,16H,6,8-10H2,1-3H3. The van der Waals surface area contributed by atoms with Crippen molar-refractivity contribution in [2.24, 2.45) is 5.92 Å². The first-order valence-corrected chi connectivity index (χ1v) is 6.11. The molecular formula is C13H24N2O. The third-order valence-electron chi connectivity index (χ3n) is 2.78. The second-order valence-electron chi connectivity index (χ2n) is 4.84. The zero-order valence-corrected chi connectivity index (χ0v) is 10.6. The van der Waals surface area contributed by atoms with E-state index in [1.165, 1.54) is 12.1 Å². The first kappa shape index (κ1) is 13.3. The molecule has 0 aliphatic carbocycles. The van der Waals surface area contributed by atoms with Crippen LogP contribution in [0.15, 0.2) is 18.3 Å². The number of hydrogen-bond donors (Lipinski definition) is 2. The Balaban J connectivity index is 2.43. The smallest absolute Gasteiger partial charge is 0.0582 e. The van der Waals surface area contributed by atoms with Crippen molar-refractivity contribution < 1.29 is 5.11 Å². The summed E-state index contributed by atoms with van der Waals surface area (Å²) in [6.07, 6.45) is 3.33. The molecule has 0 saturated heterocycles. The second kappa shape index (κ2) is 6.71. The average molecular weight is 224 g/mol. The van der Waals surface area contributed by atoms with Gasteiger partial charge in [-0.3, -0.25) is 0 Å². The number of aliphatic hydroxyl groups is 1. The molecule has 1 heterocycles. The molecule has 1 atom stereocenters. The zero-order valence-electron chi connectivity index (χ0n) is 10.6. The fraction of sp³-hybridized carbons (Fsp3) is 0.692. The molecule has 0 fully saturated rings. The van der Waals surface area contributed by atoms with Crippen LogP contribution in [0.4, 0.5) is 0 Å². The maximum Gasteiger partial charge on any atom is 0.0582 e. The van der Waals surface area contributed by atoms with Crippen LogP contribution in [0.5, 0.6) is 0 Å². The molecule has 1 unspecified atom stereocenters. The third kappa shape index (κ3) is 4.37. The predicted molar refractivity (Wildman–Crippen MR) is 67.3 cm³/mol. The van der Waals surface area contributed by atoms with Gasteiger partial charge in [-0.2, -0.15) is 0 Å². The molecule has 0 aromatic carbocycles. The van der Waals surface area contributed by atoms with Crippen LogP contribution in [0, 0.1) is 5.92 Å². The molecule has 3 heteroatoms. The molecule has 1 rings (SSSR count). The lowest BCUT2D eigenvalue weighted by atomic mass is 10.1. The number of aliphatic hydroxyl groups excluding tert-OH is 1. The van der Waals surface area contributed by atoms with Crippen molar-refractivity contribution in [2.45, 2.75) is 46.3 Å². The van der Waals surface area contributed by atoms with Crippen molar-refractivity contribution >= 4 is 0 Å². The minimum atomic E-state index is 0.161. The van der Waals surface area contributed by atoms with Gasteiger partial charge >= 0.3 is 0 Å². The Morgan fingerprint density at radius 1 is 1.38 bits per heavy atom. The van der Waals surface area contributed by atoms with E-state index in [-0.39, 0.29) is 12.6 Å². The van der Waals surface area contributed by atoms with Gasteiger partial charge in [-0.05, 0) is 31.4 Å². The predicted octanol–water partition coefficient (Wildman–Crippen LogP) is 2.00.